The summed E-state index contributed by atoms with van der Waals surface area (Å²) in [6, 6.07) is 107. The van der Waals surface area contributed by atoms with Crippen molar-refractivity contribution >= 4 is 101 Å². The van der Waals surface area contributed by atoms with Crippen LogP contribution in [0, 0.1) is 11.3 Å². The van der Waals surface area contributed by atoms with Crippen LogP contribution >= 0.6 is 0 Å². The Labute approximate surface area is 594 Å². The highest BCUT2D eigenvalue weighted by Crippen LogP contribution is 2.54. The number of anilines is 6. The third-order valence-electron chi connectivity index (χ3n) is 21.5. The summed E-state index contributed by atoms with van der Waals surface area (Å²) in [6.07, 6.45) is 0. The smallest absolute Gasteiger partial charge is 0.252 e. The molecule has 5 nitrogen and oxygen atoms in total. The van der Waals surface area contributed by atoms with Crippen LogP contribution in [0.1, 0.15) is 111 Å². The van der Waals surface area contributed by atoms with Gasteiger partial charge >= 0.3 is 0 Å². The molecule has 13 aromatic carbocycles. The fourth-order valence-electron chi connectivity index (χ4n) is 16.1. The zero-order valence-corrected chi connectivity index (χ0v) is 59.9. The standard InChI is InChI=1S/C95H82BN5/c1-92(2,3)66-49-65(50-67(53-66)93(4,5)6)64-44-47-78-86(52-64)101(91-75(61-31-18-14-19-32-61)54-68(94(7,8)9)55-76(91)62-33-20-15-21-34-62)89-57-69(95(10,11)12)56-88-90(89)96(78)79-48-45-70(98-80-38-25-22-37-73(80)74-46-43-63(51-85(74)98)60-29-16-13-17-30-60)58-87(79)100(88)84-42-28-41-83(77(84)59-97)99-81-39-26-23-35-71(81)72-36-24-27-40-82(72)99/h13-58H,1-12H3. The lowest BCUT2D eigenvalue weighted by atomic mass is 9.33. The van der Waals surface area contributed by atoms with Gasteiger partial charge in [-0.3, -0.25) is 0 Å². The van der Waals surface area contributed by atoms with E-state index in [1.54, 1.807) is 0 Å². The predicted octanol–water partition coefficient (Wildman–Crippen LogP) is 23.7. The number of benzene rings is 13. The average molecular weight is 1300 g/mol. The van der Waals surface area contributed by atoms with Gasteiger partial charge in [0, 0.05) is 61.1 Å². The van der Waals surface area contributed by atoms with Crippen LogP contribution in [0.4, 0.5) is 34.1 Å². The van der Waals surface area contributed by atoms with Gasteiger partial charge < -0.3 is 18.9 Å². The lowest BCUT2D eigenvalue weighted by Gasteiger charge is -2.46. The lowest BCUT2D eigenvalue weighted by Crippen LogP contribution is -2.61. The number of hydrogen-bond donors (Lipinski definition) is 0. The first kappa shape index (κ1) is 63.1. The minimum Gasteiger partial charge on any atom is -0.310 e. The highest BCUT2D eigenvalue weighted by atomic mass is 15.2. The molecule has 101 heavy (non-hydrogen) atoms. The molecule has 0 fully saturated rings. The highest BCUT2D eigenvalue weighted by Gasteiger charge is 2.46. The number of rotatable bonds is 8. The van der Waals surface area contributed by atoms with Gasteiger partial charge in [0.15, 0.2) is 0 Å². The second-order valence-corrected chi connectivity index (χ2v) is 32.1. The normalized spacial score (nSPS) is 13.1. The molecular weight excluding hydrogens is 1220 g/mol. The molecule has 490 valence electrons. The van der Waals surface area contributed by atoms with Gasteiger partial charge in [0.25, 0.3) is 6.71 Å². The van der Waals surface area contributed by atoms with Gasteiger partial charge in [0.05, 0.1) is 39.1 Å². The van der Waals surface area contributed by atoms with Gasteiger partial charge in [-0.2, -0.15) is 5.26 Å². The molecule has 0 spiro atoms. The average Bonchev–Trinajstić information content (AvgIpc) is 1.03. The maximum absolute atomic E-state index is 12.4. The van der Waals surface area contributed by atoms with E-state index in [-0.39, 0.29) is 28.4 Å². The molecule has 0 N–H and O–H groups in total. The van der Waals surface area contributed by atoms with E-state index in [0.29, 0.717) is 5.56 Å². The molecule has 15 aromatic rings. The van der Waals surface area contributed by atoms with Gasteiger partial charge in [0.2, 0.25) is 0 Å². The summed E-state index contributed by atoms with van der Waals surface area (Å²) in [5.74, 6) is 0. The van der Waals surface area contributed by atoms with Gasteiger partial charge in [-0.1, -0.05) is 283 Å². The molecule has 0 amide bonds. The third-order valence-corrected chi connectivity index (χ3v) is 21.5. The van der Waals surface area contributed by atoms with E-state index in [2.05, 4.69) is 387 Å². The van der Waals surface area contributed by atoms with Crippen LogP contribution < -0.4 is 26.2 Å². The van der Waals surface area contributed by atoms with E-state index in [9.17, 15) is 5.26 Å². The number of hydrogen-bond acceptors (Lipinski definition) is 3. The molecule has 6 heteroatoms. The number of para-hydroxylation sites is 3. The number of nitrogens with zero attached hydrogens (tertiary/aromatic N) is 5. The Morgan fingerprint density at radius 2 is 0.713 bits per heavy atom. The van der Waals surface area contributed by atoms with Crippen molar-refractivity contribution in [1.29, 1.82) is 5.26 Å². The van der Waals surface area contributed by atoms with Crippen molar-refractivity contribution in [2.75, 3.05) is 9.80 Å². The first-order valence-corrected chi connectivity index (χ1v) is 35.7. The van der Waals surface area contributed by atoms with E-state index in [1.807, 2.05) is 0 Å². The lowest BCUT2D eigenvalue weighted by molar-refractivity contribution is 0.569. The van der Waals surface area contributed by atoms with Crippen LogP contribution in [0.5, 0.6) is 0 Å². The van der Waals surface area contributed by atoms with E-state index < -0.39 is 0 Å². The summed E-state index contributed by atoms with van der Waals surface area (Å²) < 4.78 is 4.79. The summed E-state index contributed by atoms with van der Waals surface area (Å²) in [6.45, 7) is 27.8. The Bertz CT molecular complexity index is 5750. The molecule has 2 aromatic heterocycles. The zero-order valence-electron chi connectivity index (χ0n) is 59.9. The Morgan fingerprint density at radius 3 is 1.25 bits per heavy atom. The summed E-state index contributed by atoms with van der Waals surface area (Å²) in [5, 5.41) is 17.0. The van der Waals surface area contributed by atoms with Crippen LogP contribution in [0.3, 0.4) is 0 Å². The number of fused-ring (bicyclic) bond motifs is 10. The van der Waals surface area contributed by atoms with Gasteiger partial charge in [-0.15, -0.1) is 0 Å². The minimum absolute atomic E-state index is 0.104. The Balaban J connectivity index is 1.03. The van der Waals surface area contributed by atoms with Crippen LogP contribution in [-0.2, 0) is 21.7 Å². The first-order valence-electron chi connectivity index (χ1n) is 35.7. The molecule has 0 saturated carbocycles. The molecular formula is C95H82BN5. The molecule has 0 unspecified atom stereocenters. The van der Waals surface area contributed by atoms with Gasteiger partial charge in [-0.05, 0) is 173 Å². The van der Waals surface area contributed by atoms with E-state index in [0.717, 1.165) is 117 Å². The fourth-order valence-corrected chi connectivity index (χ4v) is 16.1. The number of nitriles is 1. The molecule has 17 rings (SSSR count). The van der Waals surface area contributed by atoms with Crippen LogP contribution in [0.15, 0.2) is 279 Å². The largest absolute Gasteiger partial charge is 0.310 e. The van der Waals surface area contributed by atoms with Gasteiger partial charge in [0.1, 0.15) is 11.6 Å². The zero-order chi connectivity index (χ0) is 69.6. The molecule has 0 saturated heterocycles. The SMILES string of the molecule is CC(C)(C)c1cc(-c2ccc3c(c2)N(c2c(-c4ccccc4)cc(C(C)(C)C)cc2-c2ccccc2)c2cc(C(C)(C)C)cc4c2B3c2ccc(-n3c5ccccc5c5ccc(-c6ccccc6)cc53)cc2N4c2cccc(-n3c4ccccc4c4ccccc43)c2C#N)cc(C(C)(C)C)c1. The van der Waals surface area contributed by atoms with Crippen molar-refractivity contribution < 1.29 is 0 Å². The molecule has 4 heterocycles. The summed E-state index contributed by atoms with van der Waals surface area (Å²) in [5.41, 5.74) is 30.0. The quantitative estimate of drug-likeness (QED) is 0.142. The topological polar surface area (TPSA) is 40.1 Å². The maximum atomic E-state index is 12.4. The molecule has 0 aliphatic carbocycles. The van der Waals surface area contributed by atoms with Gasteiger partial charge in [-0.25, -0.2) is 0 Å². The first-order chi connectivity index (χ1) is 48.6. The van der Waals surface area contributed by atoms with Crippen molar-refractivity contribution in [3.05, 3.63) is 307 Å². The van der Waals surface area contributed by atoms with Crippen molar-refractivity contribution in [2.24, 2.45) is 0 Å². The molecule has 0 atom stereocenters. The van der Waals surface area contributed by atoms with E-state index in [4.69, 9.17) is 0 Å². The second kappa shape index (κ2) is 23.4. The molecule has 0 bridgehead atoms. The van der Waals surface area contributed by atoms with Crippen molar-refractivity contribution in [3.8, 4) is 62.0 Å². The van der Waals surface area contributed by atoms with E-state index >= 15 is 0 Å². The maximum Gasteiger partial charge on any atom is 0.252 e. The van der Waals surface area contributed by atoms with Crippen molar-refractivity contribution in [2.45, 2.75) is 105 Å². The monoisotopic (exact) mass is 1300 g/mol. The third kappa shape index (κ3) is 10.4. The van der Waals surface area contributed by atoms with E-state index in [1.165, 1.54) is 55.1 Å². The molecule has 2 aliphatic rings. The Hall–Kier alpha value is -11.4. The Morgan fingerprint density at radius 1 is 0.287 bits per heavy atom. The molecule has 0 radical (unpaired) electrons. The Kier molecular flexibility index (Phi) is 14.6. The molecule has 2 aliphatic heterocycles. The summed E-state index contributed by atoms with van der Waals surface area (Å²) >= 11 is 0. The predicted molar refractivity (Wildman–Crippen MR) is 430 cm³/mol. The van der Waals surface area contributed by atoms with Crippen LogP contribution in [-0.4, -0.2) is 15.8 Å². The van der Waals surface area contributed by atoms with Crippen molar-refractivity contribution in [1.82, 2.24) is 9.13 Å². The minimum atomic E-state index is -0.359. The summed E-state index contributed by atoms with van der Waals surface area (Å²) in [7, 11) is 0. The summed E-state index contributed by atoms with van der Waals surface area (Å²) in [4.78, 5) is 5.17. The highest BCUT2D eigenvalue weighted by molar-refractivity contribution is 7.00. The number of aromatic nitrogens is 2. The fraction of sp³-hybridized carbons (Fsp3) is 0.168. The van der Waals surface area contributed by atoms with Crippen LogP contribution in [0.2, 0.25) is 0 Å². The second-order valence-electron chi connectivity index (χ2n) is 32.1. The van der Waals surface area contributed by atoms with Crippen LogP contribution in [0.25, 0.3) is 99.5 Å². The van der Waals surface area contributed by atoms with Crippen molar-refractivity contribution in [3.63, 3.8) is 0 Å².